The minimum atomic E-state index is -0.256. The van der Waals surface area contributed by atoms with Crippen molar-refractivity contribution in [3.63, 3.8) is 0 Å². The standard InChI is InChI=1S/C14H21NO2/c1-4-13(15-11(2)14(16)17-3)10-12-8-6-5-7-9-12/h5-9,11,13,15H,4,10H2,1-3H3/t11-,13?/m0/s1. The van der Waals surface area contributed by atoms with Gasteiger partial charge in [0.15, 0.2) is 0 Å². The van der Waals surface area contributed by atoms with Crippen LogP contribution in [0.15, 0.2) is 30.3 Å². The lowest BCUT2D eigenvalue weighted by atomic mass is 10.0. The molecule has 0 saturated carbocycles. The molecule has 0 bridgehead atoms. The van der Waals surface area contributed by atoms with E-state index in [1.165, 1.54) is 12.7 Å². The first-order valence-corrected chi connectivity index (χ1v) is 6.05. The Morgan fingerprint density at radius 1 is 1.35 bits per heavy atom. The van der Waals surface area contributed by atoms with E-state index in [0.717, 1.165) is 12.8 Å². The van der Waals surface area contributed by atoms with Crippen molar-refractivity contribution in [2.75, 3.05) is 7.11 Å². The minimum Gasteiger partial charge on any atom is -0.468 e. The van der Waals surface area contributed by atoms with Crippen LogP contribution in [-0.4, -0.2) is 25.2 Å². The van der Waals surface area contributed by atoms with E-state index < -0.39 is 0 Å². The summed E-state index contributed by atoms with van der Waals surface area (Å²) in [5.41, 5.74) is 1.28. The number of ether oxygens (including phenoxy) is 1. The second kappa shape index (κ2) is 7.07. The van der Waals surface area contributed by atoms with E-state index in [4.69, 9.17) is 4.74 Å². The van der Waals surface area contributed by atoms with Gasteiger partial charge in [-0.15, -0.1) is 0 Å². The number of carbonyl (C=O) groups excluding carboxylic acids is 1. The maximum absolute atomic E-state index is 11.3. The molecule has 0 aliphatic heterocycles. The van der Waals surface area contributed by atoms with E-state index in [-0.39, 0.29) is 12.0 Å². The van der Waals surface area contributed by atoms with Gasteiger partial charge in [0.1, 0.15) is 6.04 Å². The summed E-state index contributed by atoms with van der Waals surface area (Å²) in [4.78, 5) is 11.3. The highest BCUT2D eigenvalue weighted by atomic mass is 16.5. The number of nitrogens with one attached hydrogen (secondary N) is 1. The van der Waals surface area contributed by atoms with Crippen LogP contribution in [-0.2, 0) is 16.0 Å². The fraction of sp³-hybridized carbons (Fsp3) is 0.500. The Labute approximate surface area is 103 Å². The molecular formula is C14H21NO2. The van der Waals surface area contributed by atoms with Crippen LogP contribution in [0.4, 0.5) is 0 Å². The monoisotopic (exact) mass is 235 g/mol. The van der Waals surface area contributed by atoms with Gasteiger partial charge in [-0.3, -0.25) is 4.79 Å². The molecule has 3 heteroatoms. The van der Waals surface area contributed by atoms with Crippen molar-refractivity contribution in [1.82, 2.24) is 5.32 Å². The molecular weight excluding hydrogens is 214 g/mol. The number of hydrogen-bond acceptors (Lipinski definition) is 3. The zero-order chi connectivity index (χ0) is 12.7. The molecule has 1 N–H and O–H groups in total. The maximum Gasteiger partial charge on any atom is 0.322 e. The van der Waals surface area contributed by atoms with Crippen molar-refractivity contribution in [3.8, 4) is 0 Å². The van der Waals surface area contributed by atoms with Crippen LogP contribution in [0.5, 0.6) is 0 Å². The maximum atomic E-state index is 11.3. The van der Waals surface area contributed by atoms with Crippen molar-refractivity contribution in [3.05, 3.63) is 35.9 Å². The van der Waals surface area contributed by atoms with E-state index in [2.05, 4.69) is 24.4 Å². The first kappa shape index (κ1) is 13.7. The molecule has 0 heterocycles. The van der Waals surface area contributed by atoms with Gasteiger partial charge in [-0.05, 0) is 25.3 Å². The van der Waals surface area contributed by atoms with Crippen molar-refractivity contribution < 1.29 is 9.53 Å². The number of benzene rings is 1. The number of carbonyl (C=O) groups is 1. The number of esters is 1. The van der Waals surface area contributed by atoms with E-state index in [1.54, 1.807) is 0 Å². The Kier molecular flexibility index (Phi) is 5.70. The molecule has 1 unspecified atom stereocenters. The third kappa shape index (κ3) is 4.57. The number of rotatable bonds is 6. The highest BCUT2D eigenvalue weighted by Crippen LogP contribution is 2.06. The molecule has 3 nitrogen and oxygen atoms in total. The molecule has 0 aliphatic rings. The molecule has 0 amide bonds. The summed E-state index contributed by atoms with van der Waals surface area (Å²) in [6.07, 6.45) is 1.91. The zero-order valence-corrected chi connectivity index (χ0v) is 10.8. The van der Waals surface area contributed by atoms with Gasteiger partial charge in [0.2, 0.25) is 0 Å². The number of methoxy groups -OCH3 is 1. The van der Waals surface area contributed by atoms with Crippen LogP contribution >= 0.6 is 0 Å². The Balaban J connectivity index is 2.52. The first-order chi connectivity index (χ1) is 8.17. The molecule has 1 aromatic rings. The smallest absolute Gasteiger partial charge is 0.322 e. The Bertz CT molecular complexity index is 337. The molecule has 0 aliphatic carbocycles. The largest absolute Gasteiger partial charge is 0.468 e. The molecule has 0 radical (unpaired) electrons. The molecule has 2 atom stereocenters. The van der Waals surface area contributed by atoms with E-state index in [1.807, 2.05) is 25.1 Å². The molecule has 0 fully saturated rings. The average Bonchev–Trinajstić information content (AvgIpc) is 2.38. The van der Waals surface area contributed by atoms with Gasteiger partial charge in [0.05, 0.1) is 7.11 Å². The van der Waals surface area contributed by atoms with Crippen molar-refractivity contribution in [1.29, 1.82) is 0 Å². The first-order valence-electron chi connectivity index (χ1n) is 6.05. The van der Waals surface area contributed by atoms with Crippen molar-refractivity contribution >= 4 is 5.97 Å². The summed E-state index contributed by atoms with van der Waals surface area (Å²) >= 11 is 0. The van der Waals surface area contributed by atoms with Crippen molar-refractivity contribution in [2.45, 2.75) is 38.8 Å². The van der Waals surface area contributed by atoms with Crippen molar-refractivity contribution in [2.24, 2.45) is 0 Å². The lowest BCUT2D eigenvalue weighted by molar-refractivity contribution is -0.142. The molecule has 17 heavy (non-hydrogen) atoms. The van der Waals surface area contributed by atoms with E-state index in [0.29, 0.717) is 6.04 Å². The Hall–Kier alpha value is -1.35. The highest BCUT2D eigenvalue weighted by molar-refractivity contribution is 5.75. The third-order valence-corrected chi connectivity index (χ3v) is 2.86. The van der Waals surface area contributed by atoms with Gasteiger partial charge in [-0.25, -0.2) is 0 Å². The van der Waals surface area contributed by atoms with Crippen LogP contribution < -0.4 is 5.32 Å². The minimum absolute atomic E-state index is 0.212. The summed E-state index contributed by atoms with van der Waals surface area (Å²) in [6, 6.07) is 10.3. The third-order valence-electron chi connectivity index (χ3n) is 2.86. The van der Waals surface area contributed by atoms with Crippen LogP contribution in [0, 0.1) is 0 Å². The second-order valence-electron chi connectivity index (χ2n) is 4.21. The molecule has 94 valence electrons. The van der Waals surface area contributed by atoms with Gasteiger partial charge in [-0.1, -0.05) is 37.3 Å². The van der Waals surface area contributed by atoms with Gasteiger partial charge < -0.3 is 10.1 Å². The van der Waals surface area contributed by atoms with E-state index >= 15 is 0 Å². The van der Waals surface area contributed by atoms with Gasteiger partial charge in [0, 0.05) is 6.04 Å². The van der Waals surface area contributed by atoms with E-state index in [9.17, 15) is 4.79 Å². The molecule has 1 rings (SSSR count). The highest BCUT2D eigenvalue weighted by Gasteiger charge is 2.17. The summed E-state index contributed by atoms with van der Waals surface area (Å²) in [6.45, 7) is 3.95. The molecule has 0 saturated heterocycles. The SMILES string of the molecule is CCC(Cc1ccccc1)N[C@@H](C)C(=O)OC. The number of hydrogen-bond donors (Lipinski definition) is 1. The Morgan fingerprint density at radius 2 is 2.00 bits per heavy atom. The quantitative estimate of drug-likeness (QED) is 0.768. The lowest BCUT2D eigenvalue weighted by Crippen LogP contribution is -2.42. The van der Waals surface area contributed by atoms with Gasteiger partial charge in [0.25, 0.3) is 0 Å². The normalized spacial score (nSPS) is 14.1. The summed E-state index contributed by atoms with van der Waals surface area (Å²) < 4.78 is 4.71. The summed E-state index contributed by atoms with van der Waals surface area (Å²) in [5, 5.41) is 3.29. The Morgan fingerprint density at radius 3 is 2.53 bits per heavy atom. The predicted octanol–water partition coefficient (Wildman–Crippen LogP) is 2.16. The van der Waals surface area contributed by atoms with Crippen LogP contribution in [0.25, 0.3) is 0 Å². The van der Waals surface area contributed by atoms with Crippen LogP contribution in [0.1, 0.15) is 25.8 Å². The molecule has 1 aromatic carbocycles. The lowest BCUT2D eigenvalue weighted by Gasteiger charge is -2.20. The van der Waals surface area contributed by atoms with Gasteiger partial charge in [-0.2, -0.15) is 0 Å². The topological polar surface area (TPSA) is 38.3 Å². The summed E-state index contributed by atoms with van der Waals surface area (Å²) in [7, 11) is 1.42. The van der Waals surface area contributed by atoms with Gasteiger partial charge >= 0.3 is 5.97 Å². The predicted molar refractivity (Wildman–Crippen MR) is 68.8 cm³/mol. The molecule has 0 spiro atoms. The molecule has 0 aromatic heterocycles. The van der Waals surface area contributed by atoms with Crippen LogP contribution in [0.3, 0.4) is 0 Å². The average molecular weight is 235 g/mol. The zero-order valence-electron chi connectivity index (χ0n) is 10.8. The fourth-order valence-corrected chi connectivity index (χ4v) is 1.82. The fourth-order valence-electron chi connectivity index (χ4n) is 1.82. The summed E-state index contributed by atoms with van der Waals surface area (Å²) in [5.74, 6) is -0.212. The second-order valence-corrected chi connectivity index (χ2v) is 4.21. The van der Waals surface area contributed by atoms with Crippen LogP contribution in [0.2, 0.25) is 0 Å².